The van der Waals surface area contributed by atoms with Gasteiger partial charge in [0.15, 0.2) is 0 Å². The number of carboxylic acid groups (broad SMARTS) is 2. The lowest BCUT2D eigenvalue weighted by Crippen LogP contribution is -2.58. The number of aliphatic hydroxyl groups is 1. The summed E-state index contributed by atoms with van der Waals surface area (Å²) in [7, 11) is 0. The van der Waals surface area contributed by atoms with Crippen LogP contribution in [-0.2, 0) is 24.0 Å². The third kappa shape index (κ3) is 11.2. The first-order chi connectivity index (χ1) is 14.4. The van der Waals surface area contributed by atoms with E-state index in [-0.39, 0.29) is 18.6 Å². The first kappa shape index (κ1) is 29.0. The minimum atomic E-state index is -1.34. The maximum Gasteiger partial charge on any atom is 0.327 e. The summed E-state index contributed by atoms with van der Waals surface area (Å²) in [5, 5.41) is 34.4. The zero-order valence-corrected chi connectivity index (χ0v) is 18.9. The van der Waals surface area contributed by atoms with Crippen molar-refractivity contribution in [2.24, 2.45) is 5.73 Å². The van der Waals surface area contributed by atoms with E-state index in [4.69, 9.17) is 15.9 Å². The van der Waals surface area contributed by atoms with Crippen molar-refractivity contribution in [1.29, 1.82) is 0 Å². The zero-order valence-electron chi connectivity index (χ0n) is 17.2. The van der Waals surface area contributed by atoms with Crippen molar-refractivity contribution in [1.82, 2.24) is 16.0 Å². The number of nitrogens with one attached hydrogen (secondary N) is 3. The van der Waals surface area contributed by atoms with Crippen molar-refractivity contribution < 1.29 is 39.3 Å². The highest BCUT2D eigenvalue weighted by atomic mass is 32.2. The fourth-order valence-corrected chi connectivity index (χ4v) is 2.98. The minimum absolute atomic E-state index is 0.157. The van der Waals surface area contributed by atoms with Gasteiger partial charge in [-0.05, 0) is 31.8 Å². The largest absolute Gasteiger partial charge is 0.481 e. The minimum Gasteiger partial charge on any atom is -0.481 e. The second-order valence-corrected chi connectivity index (χ2v) is 8.04. The van der Waals surface area contributed by atoms with Crippen molar-refractivity contribution in [3.8, 4) is 0 Å². The lowest BCUT2D eigenvalue weighted by atomic mass is 10.1. The molecule has 0 aromatic heterocycles. The van der Waals surface area contributed by atoms with E-state index in [1.165, 1.54) is 18.7 Å². The number of thiol groups is 1. The molecule has 0 aliphatic rings. The molecule has 5 unspecified atom stereocenters. The van der Waals surface area contributed by atoms with Crippen molar-refractivity contribution >= 4 is 54.1 Å². The Balaban J connectivity index is 5.43. The van der Waals surface area contributed by atoms with Crippen molar-refractivity contribution in [3.63, 3.8) is 0 Å². The van der Waals surface area contributed by atoms with E-state index in [2.05, 4.69) is 28.6 Å². The second kappa shape index (κ2) is 14.9. The van der Waals surface area contributed by atoms with Crippen LogP contribution < -0.4 is 21.7 Å². The second-order valence-electron chi connectivity index (χ2n) is 6.68. The van der Waals surface area contributed by atoms with E-state index in [0.717, 1.165) is 0 Å². The number of carbonyl (C=O) groups is 5. The summed E-state index contributed by atoms with van der Waals surface area (Å²) in [6.07, 6.45) is -0.0185. The molecule has 0 saturated heterocycles. The number of rotatable bonds is 15. The normalized spacial score (nSPS) is 15.6. The Bertz CT molecular complexity index is 650. The van der Waals surface area contributed by atoms with E-state index in [1.807, 2.05) is 0 Å². The highest BCUT2D eigenvalue weighted by molar-refractivity contribution is 7.98. The van der Waals surface area contributed by atoms with Gasteiger partial charge in [0.1, 0.15) is 24.2 Å². The van der Waals surface area contributed by atoms with Crippen LogP contribution in [0.1, 0.15) is 26.2 Å². The third-order valence-electron chi connectivity index (χ3n) is 4.14. The molecule has 0 aliphatic carbocycles. The van der Waals surface area contributed by atoms with E-state index < -0.39 is 66.4 Å². The Labute approximate surface area is 189 Å². The number of aliphatic hydroxyl groups excluding tert-OH is 1. The van der Waals surface area contributed by atoms with E-state index >= 15 is 0 Å². The number of hydrogen-bond acceptors (Lipinski definition) is 9. The fraction of sp³-hybridized carbons (Fsp3) is 0.706. The molecule has 0 saturated carbocycles. The predicted molar refractivity (Wildman–Crippen MR) is 117 cm³/mol. The molecular weight excluding hydrogens is 452 g/mol. The van der Waals surface area contributed by atoms with E-state index in [9.17, 15) is 29.1 Å². The van der Waals surface area contributed by atoms with Crippen LogP contribution in [0.3, 0.4) is 0 Å². The van der Waals surface area contributed by atoms with Crippen LogP contribution in [0.5, 0.6) is 0 Å². The van der Waals surface area contributed by atoms with E-state index in [0.29, 0.717) is 5.75 Å². The lowest BCUT2D eigenvalue weighted by molar-refractivity contribution is -0.141. The summed E-state index contributed by atoms with van der Waals surface area (Å²) in [6, 6.07) is -5.08. The van der Waals surface area contributed by atoms with Gasteiger partial charge in [0.25, 0.3) is 0 Å². The Morgan fingerprint density at radius 2 is 1.42 bits per heavy atom. The molecule has 0 fully saturated rings. The van der Waals surface area contributed by atoms with Gasteiger partial charge in [0.2, 0.25) is 17.7 Å². The van der Waals surface area contributed by atoms with Crippen molar-refractivity contribution in [3.05, 3.63) is 0 Å². The van der Waals surface area contributed by atoms with Gasteiger partial charge in [-0.1, -0.05) is 0 Å². The average molecular weight is 483 g/mol. The number of amides is 3. The Hall–Kier alpha value is -2.03. The highest BCUT2D eigenvalue weighted by Crippen LogP contribution is 2.06. The Morgan fingerprint density at radius 3 is 1.84 bits per heavy atom. The van der Waals surface area contributed by atoms with Crippen LogP contribution in [0.4, 0.5) is 0 Å². The fourth-order valence-electron chi connectivity index (χ4n) is 2.26. The van der Waals surface area contributed by atoms with Crippen molar-refractivity contribution in [2.45, 2.75) is 56.5 Å². The highest BCUT2D eigenvalue weighted by Gasteiger charge is 2.30. The molecule has 14 heteroatoms. The molecule has 5 atom stereocenters. The number of nitrogens with two attached hydrogens (primary N) is 1. The molecule has 0 radical (unpaired) electrons. The van der Waals surface area contributed by atoms with Crippen LogP contribution in [-0.4, -0.2) is 93.0 Å². The van der Waals surface area contributed by atoms with Gasteiger partial charge in [-0.25, -0.2) is 4.79 Å². The van der Waals surface area contributed by atoms with Crippen LogP contribution in [0.25, 0.3) is 0 Å². The molecule has 0 heterocycles. The van der Waals surface area contributed by atoms with Gasteiger partial charge in [0, 0.05) is 12.2 Å². The standard InChI is InChI=1S/C17H30N4O8S2/c1-8(22)13(18)16(27)20-9(3-4-12(23)24)14(25)19-10(5-6-31-2)15(26)21-11(7-30)17(28)29/h8-11,13,22,30H,3-7,18H2,1-2H3,(H,19,25)(H,20,27)(H,21,26)(H,23,24)(H,28,29). The molecule has 3 amide bonds. The van der Waals surface area contributed by atoms with Gasteiger partial charge in [-0.2, -0.15) is 24.4 Å². The monoisotopic (exact) mass is 482 g/mol. The van der Waals surface area contributed by atoms with Crippen LogP contribution in [0.2, 0.25) is 0 Å². The summed E-state index contributed by atoms with van der Waals surface area (Å²) in [5.41, 5.74) is 5.54. The topological polar surface area (TPSA) is 208 Å². The molecule has 0 aliphatic heterocycles. The quantitative estimate of drug-likeness (QED) is 0.118. The van der Waals surface area contributed by atoms with Crippen LogP contribution >= 0.6 is 24.4 Å². The lowest BCUT2D eigenvalue weighted by Gasteiger charge is -2.25. The molecule has 0 aromatic carbocycles. The smallest absolute Gasteiger partial charge is 0.327 e. The van der Waals surface area contributed by atoms with Gasteiger partial charge in [-0.15, -0.1) is 0 Å². The molecule has 0 bridgehead atoms. The SMILES string of the molecule is CSCCC(NC(=O)C(CCC(=O)O)NC(=O)C(N)C(C)O)C(=O)NC(CS)C(=O)O. The van der Waals surface area contributed by atoms with Crippen LogP contribution in [0.15, 0.2) is 0 Å². The number of carboxylic acids is 2. The summed E-state index contributed by atoms with van der Waals surface area (Å²) in [6.45, 7) is 1.28. The van der Waals surface area contributed by atoms with E-state index in [1.54, 1.807) is 6.26 Å². The predicted octanol–water partition coefficient (Wildman–Crippen LogP) is -2.22. The van der Waals surface area contributed by atoms with Gasteiger partial charge in [-0.3, -0.25) is 19.2 Å². The molecule has 178 valence electrons. The number of thioether (sulfide) groups is 1. The Morgan fingerprint density at radius 1 is 0.935 bits per heavy atom. The molecule has 12 nitrogen and oxygen atoms in total. The average Bonchev–Trinajstić information content (AvgIpc) is 2.70. The third-order valence-corrected chi connectivity index (χ3v) is 5.15. The summed E-state index contributed by atoms with van der Waals surface area (Å²) < 4.78 is 0. The zero-order chi connectivity index (χ0) is 24.1. The Kier molecular flexibility index (Phi) is 13.9. The first-order valence-corrected chi connectivity index (χ1v) is 11.4. The number of hydrogen-bond donors (Lipinski definition) is 8. The molecule has 0 aromatic rings. The number of carbonyl (C=O) groups excluding carboxylic acids is 3. The summed E-state index contributed by atoms with van der Waals surface area (Å²) in [5.74, 6) is -4.68. The maximum atomic E-state index is 12.7. The summed E-state index contributed by atoms with van der Waals surface area (Å²) in [4.78, 5) is 59.4. The number of aliphatic carboxylic acids is 2. The molecule has 8 N–H and O–H groups in total. The van der Waals surface area contributed by atoms with Gasteiger partial charge < -0.3 is 37.0 Å². The van der Waals surface area contributed by atoms with Gasteiger partial charge >= 0.3 is 11.9 Å². The first-order valence-electron chi connectivity index (χ1n) is 9.33. The van der Waals surface area contributed by atoms with Crippen molar-refractivity contribution in [2.75, 3.05) is 17.8 Å². The maximum absolute atomic E-state index is 12.7. The molecule has 0 spiro atoms. The molecular formula is C17H30N4O8S2. The molecule has 0 rings (SSSR count). The van der Waals surface area contributed by atoms with Gasteiger partial charge in [0.05, 0.1) is 6.10 Å². The molecule has 31 heavy (non-hydrogen) atoms. The van der Waals surface area contributed by atoms with Crippen LogP contribution in [0, 0.1) is 0 Å². The summed E-state index contributed by atoms with van der Waals surface area (Å²) >= 11 is 5.26.